The number of amides is 1. The average Bonchev–Trinajstić information content (AvgIpc) is 3.17. The van der Waals surface area contributed by atoms with E-state index >= 15 is 0 Å². The number of benzene rings is 1. The molecule has 4 atom stereocenters. The zero-order chi connectivity index (χ0) is 27.2. The fraction of sp³-hybridized carbons (Fsp3) is 0.731. The first-order chi connectivity index (χ1) is 17.2. The van der Waals surface area contributed by atoms with E-state index in [0.29, 0.717) is 38.5 Å². The maximum atomic E-state index is 13.8. The van der Waals surface area contributed by atoms with Gasteiger partial charge in [-0.1, -0.05) is 32.0 Å². The number of anilines is 1. The van der Waals surface area contributed by atoms with Crippen molar-refractivity contribution in [1.29, 1.82) is 0 Å². The molecule has 37 heavy (non-hydrogen) atoms. The average molecular weight is 555 g/mol. The Morgan fingerprint density at radius 1 is 1.14 bits per heavy atom. The van der Waals surface area contributed by atoms with Crippen molar-refractivity contribution in [2.45, 2.75) is 58.5 Å². The molecule has 0 aromatic heterocycles. The molecule has 4 rings (SSSR count). The second-order valence-electron chi connectivity index (χ2n) is 11.9. The second kappa shape index (κ2) is 10.1. The molecule has 0 radical (unpaired) electrons. The monoisotopic (exact) mass is 554 g/mol. The Bertz CT molecular complexity index is 1230. The third-order valence-corrected chi connectivity index (χ3v) is 12.4. The van der Waals surface area contributed by atoms with Gasteiger partial charge in [-0.2, -0.15) is 4.31 Å². The number of para-hydroxylation sites is 1. The highest BCUT2D eigenvalue weighted by Gasteiger charge is 2.65. The van der Waals surface area contributed by atoms with E-state index in [0.717, 1.165) is 24.8 Å². The summed E-state index contributed by atoms with van der Waals surface area (Å²) in [5, 5.41) is 3.05. The van der Waals surface area contributed by atoms with E-state index in [1.807, 2.05) is 12.1 Å². The molecular weight excluding hydrogens is 512 g/mol. The first-order valence-electron chi connectivity index (χ1n) is 13.2. The molecule has 208 valence electrons. The van der Waals surface area contributed by atoms with E-state index in [2.05, 4.69) is 43.1 Å². The second-order valence-corrected chi connectivity index (χ2v) is 16.1. The summed E-state index contributed by atoms with van der Waals surface area (Å²) in [5.41, 5.74) is 7.50. The van der Waals surface area contributed by atoms with Crippen LogP contribution < -0.4 is 16.0 Å². The SMILES string of the molecule is Cc1ccccc1N1CCN(S(=O)(=O)C[C@@]23CCC(C[C@@H]2NC(=O)[C@@H](N)CCS(C)(=O)=O)C3(C)C)CC1. The van der Waals surface area contributed by atoms with Gasteiger partial charge in [0.15, 0.2) is 0 Å². The molecule has 9 nitrogen and oxygen atoms in total. The maximum absolute atomic E-state index is 13.8. The summed E-state index contributed by atoms with van der Waals surface area (Å²) < 4.78 is 52.2. The zero-order valence-electron chi connectivity index (χ0n) is 22.4. The highest BCUT2D eigenvalue weighted by molar-refractivity contribution is 7.90. The Hall–Kier alpha value is -1.69. The van der Waals surface area contributed by atoms with Gasteiger partial charge in [0.25, 0.3) is 0 Å². The standard InChI is InChI=1S/C26H42N4O5S2/c1-19-7-5-6-8-22(19)29-12-14-30(15-13-29)37(34,35)18-26-11-9-20(25(26,2)3)17-23(26)28-24(31)21(27)10-16-36(4,32)33/h5-8,20-21,23H,9-18,27H2,1-4H3,(H,28,31)/t20?,21-,23-,26-/m0/s1. The van der Waals surface area contributed by atoms with Crippen LogP contribution in [0.4, 0.5) is 5.69 Å². The summed E-state index contributed by atoms with van der Waals surface area (Å²) in [7, 11) is -6.80. The van der Waals surface area contributed by atoms with Crippen LogP contribution in [0.15, 0.2) is 24.3 Å². The molecule has 3 N–H and O–H groups in total. The van der Waals surface area contributed by atoms with Crippen molar-refractivity contribution in [2.24, 2.45) is 22.5 Å². The summed E-state index contributed by atoms with van der Waals surface area (Å²) in [6.45, 7) is 8.47. The number of nitrogens with zero attached hydrogens (tertiary/aromatic N) is 2. The summed E-state index contributed by atoms with van der Waals surface area (Å²) >= 11 is 0. The lowest BCUT2D eigenvalue weighted by Crippen LogP contribution is -2.57. The normalized spacial score (nSPS) is 28.8. The third-order valence-electron chi connectivity index (χ3n) is 9.41. The van der Waals surface area contributed by atoms with Crippen molar-refractivity contribution < 1.29 is 21.6 Å². The maximum Gasteiger partial charge on any atom is 0.237 e. The number of carbonyl (C=O) groups excluding carboxylic acids is 1. The van der Waals surface area contributed by atoms with Crippen LogP contribution in [0.5, 0.6) is 0 Å². The Balaban J connectivity index is 1.46. The fourth-order valence-electron chi connectivity index (χ4n) is 6.92. The van der Waals surface area contributed by atoms with Gasteiger partial charge in [-0.25, -0.2) is 16.8 Å². The molecule has 1 aromatic rings. The number of sulfone groups is 1. The minimum Gasteiger partial charge on any atom is -0.369 e. The highest BCUT2D eigenvalue weighted by Crippen LogP contribution is 2.66. The van der Waals surface area contributed by atoms with Gasteiger partial charge in [0.2, 0.25) is 15.9 Å². The lowest BCUT2D eigenvalue weighted by atomic mass is 9.69. The number of rotatable bonds is 9. The first kappa shape index (κ1) is 28.3. The van der Waals surface area contributed by atoms with Gasteiger partial charge < -0.3 is 16.0 Å². The molecule has 2 aliphatic carbocycles. The van der Waals surface area contributed by atoms with Crippen molar-refractivity contribution in [3.8, 4) is 0 Å². The van der Waals surface area contributed by atoms with Gasteiger partial charge in [0.1, 0.15) is 9.84 Å². The van der Waals surface area contributed by atoms with Crippen LogP contribution in [0.3, 0.4) is 0 Å². The smallest absolute Gasteiger partial charge is 0.237 e. The molecule has 1 heterocycles. The van der Waals surface area contributed by atoms with Crippen LogP contribution in [0.25, 0.3) is 0 Å². The van der Waals surface area contributed by atoms with Gasteiger partial charge >= 0.3 is 0 Å². The first-order valence-corrected chi connectivity index (χ1v) is 16.9. The van der Waals surface area contributed by atoms with Gasteiger partial charge in [0, 0.05) is 49.6 Å². The number of fused-ring (bicyclic) bond motifs is 2. The molecule has 3 aliphatic rings. The summed E-state index contributed by atoms with van der Waals surface area (Å²) in [6, 6.07) is 6.90. The number of piperazine rings is 1. The summed E-state index contributed by atoms with van der Waals surface area (Å²) in [4.78, 5) is 15.2. The predicted octanol–water partition coefficient (Wildman–Crippen LogP) is 1.52. The van der Waals surface area contributed by atoms with Crippen molar-refractivity contribution in [3.05, 3.63) is 29.8 Å². The molecule has 1 amide bonds. The zero-order valence-corrected chi connectivity index (χ0v) is 24.1. The largest absolute Gasteiger partial charge is 0.369 e. The summed E-state index contributed by atoms with van der Waals surface area (Å²) in [5.74, 6) is -0.245. The number of hydrogen-bond acceptors (Lipinski definition) is 7. The Kier molecular flexibility index (Phi) is 7.75. The van der Waals surface area contributed by atoms with Gasteiger partial charge in [-0.05, 0) is 55.6 Å². The minimum absolute atomic E-state index is 0.00259. The van der Waals surface area contributed by atoms with Crippen LogP contribution in [0, 0.1) is 23.7 Å². The number of nitrogens with one attached hydrogen (secondary N) is 1. The Labute approximate surface area is 222 Å². The van der Waals surface area contributed by atoms with Crippen molar-refractivity contribution in [3.63, 3.8) is 0 Å². The topological polar surface area (TPSA) is 130 Å². The van der Waals surface area contributed by atoms with E-state index in [-0.39, 0.29) is 29.4 Å². The quantitative estimate of drug-likeness (QED) is 0.473. The Morgan fingerprint density at radius 3 is 2.38 bits per heavy atom. The fourth-order valence-corrected chi connectivity index (χ4v) is 9.87. The minimum atomic E-state index is -3.57. The van der Waals surface area contributed by atoms with E-state index in [9.17, 15) is 21.6 Å². The van der Waals surface area contributed by atoms with E-state index < -0.39 is 37.2 Å². The van der Waals surface area contributed by atoms with Crippen LogP contribution in [0.2, 0.25) is 0 Å². The molecule has 11 heteroatoms. The number of hydrogen-bond donors (Lipinski definition) is 2. The highest BCUT2D eigenvalue weighted by atomic mass is 32.2. The molecule has 2 saturated carbocycles. The van der Waals surface area contributed by atoms with Crippen molar-refractivity contribution >= 4 is 31.5 Å². The lowest BCUT2D eigenvalue weighted by molar-refractivity contribution is -0.124. The molecule has 1 saturated heterocycles. The van der Waals surface area contributed by atoms with Gasteiger partial charge in [-0.3, -0.25) is 4.79 Å². The number of nitrogens with two attached hydrogens (primary N) is 1. The van der Waals surface area contributed by atoms with Gasteiger partial charge in [0.05, 0.1) is 17.5 Å². The predicted molar refractivity (Wildman–Crippen MR) is 147 cm³/mol. The summed E-state index contributed by atoms with van der Waals surface area (Å²) in [6.07, 6.45) is 3.55. The van der Waals surface area contributed by atoms with E-state index in [1.54, 1.807) is 4.31 Å². The molecule has 1 unspecified atom stereocenters. The molecule has 2 bridgehead atoms. The van der Waals surface area contributed by atoms with Crippen LogP contribution in [-0.4, -0.2) is 83.1 Å². The third kappa shape index (κ3) is 5.55. The van der Waals surface area contributed by atoms with Gasteiger partial charge in [-0.15, -0.1) is 0 Å². The number of carbonyl (C=O) groups is 1. The van der Waals surface area contributed by atoms with E-state index in [4.69, 9.17) is 5.73 Å². The van der Waals surface area contributed by atoms with Crippen molar-refractivity contribution in [1.82, 2.24) is 9.62 Å². The molecule has 1 aliphatic heterocycles. The van der Waals surface area contributed by atoms with E-state index in [1.165, 1.54) is 5.56 Å². The van der Waals surface area contributed by atoms with Crippen LogP contribution in [-0.2, 0) is 24.7 Å². The van der Waals surface area contributed by atoms with Crippen molar-refractivity contribution in [2.75, 3.05) is 48.8 Å². The molecule has 0 spiro atoms. The number of sulfonamides is 1. The van der Waals surface area contributed by atoms with Crippen LogP contribution >= 0.6 is 0 Å². The molecular formula is C26H42N4O5S2. The lowest BCUT2D eigenvalue weighted by Gasteiger charge is -2.44. The number of aryl methyl sites for hydroxylation is 1. The molecule has 1 aromatic carbocycles. The van der Waals surface area contributed by atoms with Crippen LogP contribution in [0.1, 0.15) is 45.1 Å². The Morgan fingerprint density at radius 2 is 1.78 bits per heavy atom. The molecule has 3 fully saturated rings.